The second-order valence-corrected chi connectivity index (χ2v) is 7.69. The largest absolute Gasteiger partial charge is 0.496 e. The molecular weight excluding hydrogens is 416 g/mol. The zero-order valence-electron chi connectivity index (χ0n) is 18.0. The highest BCUT2D eigenvalue weighted by Crippen LogP contribution is 2.29. The maximum Gasteiger partial charge on any atom is 0.336 e. The van der Waals surface area contributed by atoms with Crippen LogP contribution in [0.3, 0.4) is 0 Å². The number of ether oxygens (including phenoxy) is 1. The van der Waals surface area contributed by atoms with E-state index in [1.165, 1.54) is 17.1 Å². The van der Waals surface area contributed by atoms with E-state index in [1.54, 1.807) is 19.2 Å². The molecular formula is C26H22N4O3. The van der Waals surface area contributed by atoms with Crippen LogP contribution in [0.5, 0.6) is 5.75 Å². The fraction of sp³-hybridized carbons (Fsp3) is 0.115. The molecule has 7 heteroatoms. The highest BCUT2D eigenvalue weighted by Gasteiger charge is 2.13. The first kappa shape index (κ1) is 20.5. The van der Waals surface area contributed by atoms with Gasteiger partial charge < -0.3 is 20.1 Å². The van der Waals surface area contributed by atoms with Crippen molar-refractivity contribution < 1.29 is 14.6 Å². The fourth-order valence-electron chi connectivity index (χ4n) is 4.16. The third-order valence-electron chi connectivity index (χ3n) is 5.74. The van der Waals surface area contributed by atoms with Crippen LogP contribution in [0.2, 0.25) is 0 Å². The summed E-state index contributed by atoms with van der Waals surface area (Å²) < 4.78 is 5.59. The van der Waals surface area contributed by atoms with Crippen molar-refractivity contribution in [3.05, 3.63) is 84.2 Å². The number of benzene rings is 3. The average molecular weight is 438 g/mol. The second kappa shape index (κ2) is 8.63. The number of aromatic nitrogens is 3. The first-order valence-electron chi connectivity index (χ1n) is 10.6. The van der Waals surface area contributed by atoms with Crippen LogP contribution in [0.4, 0.5) is 5.82 Å². The number of rotatable bonds is 7. The number of H-pyrrole nitrogens is 1. The van der Waals surface area contributed by atoms with Crippen LogP contribution < -0.4 is 10.1 Å². The van der Waals surface area contributed by atoms with Crippen LogP contribution in [-0.4, -0.2) is 39.7 Å². The van der Waals surface area contributed by atoms with Gasteiger partial charge in [0.1, 0.15) is 17.9 Å². The number of fused-ring (bicyclic) bond motifs is 2. The number of methoxy groups -OCH3 is 1. The van der Waals surface area contributed by atoms with E-state index in [-0.39, 0.29) is 5.56 Å². The van der Waals surface area contributed by atoms with E-state index < -0.39 is 5.97 Å². The lowest BCUT2D eigenvalue weighted by Gasteiger charge is -2.13. The minimum Gasteiger partial charge on any atom is -0.496 e. The van der Waals surface area contributed by atoms with Crippen molar-refractivity contribution in [1.29, 1.82) is 0 Å². The topological polar surface area (TPSA) is 100 Å². The highest BCUT2D eigenvalue weighted by molar-refractivity contribution is 6.04. The third-order valence-corrected chi connectivity index (χ3v) is 5.74. The first-order valence-corrected chi connectivity index (χ1v) is 10.6. The molecule has 0 saturated carbocycles. The van der Waals surface area contributed by atoms with E-state index >= 15 is 0 Å². The lowest BCUT2D eigenvalue weighted by atomic mass is 10.0. The van der Waals surface area contributed by atoms with Gasteiger partial charge in [0, 0.05) is 29.1 Å². The van der Waals surface area contributed by atoms with E-state index in [9.17, 15) is 9.90 Å². The van der Waals surface area contributed by atoms with Crippen LogP contribution in [0.15, 0.2) is 73.1 Å². The van der Waals surface area contributed by atoms with Crippen molar-refractivity contribution in [1.82, 2.24) is 15.0 Å². The number of anilines is 1. The Morgan fingerprint density at radius 2 is 1.91 bits per heavy atom. The number of nitrogens with zero attached hydrogens (tertiary/aromatic N) is 2. The molecule has 3 aromatic carbocycles. The van der Waals surface area contributed by atoms with Crippen LogP contribution in [0, 0.1) is 0 Å². The quantitative estimate of drug-likeness (QED) is 0.325. The van der Waals surface area contributed by atoms with E-state index in [0.717, 1.165) is 28.9 Å². The molecule has 33 heavy (non-hydrogen) atoms. The van der Waals surface area contributed by atoms with Gasteiger partial charge in [-0.15, -0.1) is 0 Å². The molecule has 0 bridgehead atoms. The van der Waals surface area contributed by atoms with Crippen LogP contribution in [-0.2, 0) is 6.42 Å². The molecule has 0 aliphatic rings. The summed E-state index contributed by atoms with van der Waals surface area (Å²) >= 11 is 0. The standard InChI is InChI=1S/C26H22N4O3/c1-33-24-10-9-16-5-2-3-6-17(16)18(24)11-12-27-25-14-22(28-15-29-25)23-13-20-19(26(31)32)7-4-8-21(20)30-23/h2-10,13-15,30H,11-12H2,1H3,(H,31,32)(H,27,28,29). The molecule has 0 amide bonds. The van der Waals surface area contributed by atoms with Crippen molar-refractivity contribution in [3.63, 3.8) is 0 Å². The molecule has 0 saturated heterocycles. The maximum absolute atomic E-state index is 11.5. The smallest absolute Gasteiger partial charge is 0.336 e. The summed E-state index contributed by atoms with van der Waals surface area (Å²) in [6.07, 6.45) is 2.26. The molecule has 0 aliphatic carbocycles. The van der Waals surface area contributed by atoms with Gasteiger partial charge in [-0.25, -0.2) is 14.8 Å². The highest BCUT2D eigenvalue weighted by atomic mass is 16.5. The Balaban J connectivity index is 1.37. The Kier molecular flexibility index (Phi) is 5.36. The molecule has 0 atom stereocenters. The maximum atomic E-state index is 11.5. The normalized spacial score (nSPS) is 11.1. The molecule has 3 N–H and O–H groups in total. The molecule has 5 aromatic rings. The van der Waals surface area contributed by atoms with E-state index in [0.29, 0.717) is 23.4 Å². The third kappa shape index (κ3) is 3.96. The number of carboxylic acid groups (broad SMARTS) is 1. The molecule has 0 aliphatic heterocycles. The minimum absolute atomic E-state index is 0.256. The lowest BCUT2D eigenvalue weighted by Crippen LogP contribution is -2.08. The van der Waals surface area contributed by atoms with Gasteiger partial charge in [0.15, 0.2) is 0 Å². The molecule has 5 rings (SSSR count). The Hall–Kier alpha value is -4.39. The zero-order chi connectivity index (χ0) is 22.8. The Morgan fingerprint density at radius 1 is 1.03 bits per heavy atom. The lowest BCUT2D eigenvalue weighted by molar-refractivity contribution is 0.0699. The van der Waals surface area contributed by atoms with Gasteiger partial charge in [-0.3, -0.25) is 0 Å². The minimum atomic E-state index is -0.958. The van der Waals surface area contributed by atoms with Gasteiger partial charge in [0.2, 0.25) is 0 Å². The number of hydrogen-bond donors (Lipinski definition) is 3. The van der Waals surface area contributed by atoms with Gasteiger partial charge in [-0.1, -0.05) is 36.4 Å². The second-order valence-electron chi connectivity index (χ2n) is 7.69. The van der Waals surface area contributed by atoms with Crippen molar-refractivity contribution in [2.45, 2.75) is 6.42 Å². The first-order chi connectivity index (χ1) is 16.1. The molecule has 0 spiro atoms. The fourth-order valence-corrected chi connectivity index (χ4v) is 4.16. The molecule has 164 valence electrons. The molecule has 7 nitrogen and oxygen atoms in total. The summed E-state index contributed by atoms with van der Waals surface area (Å²) in [5, 5.41) is 15.8. The molecule has 0 radical (unpaired) electrons. The van der Waals surface area contributed by atoms with Gasteiger partial charge in [0.05, 0.1) is 24.1 Å². The molecule has 0 fully saturated rings. The average Bonchev–Trinajstić information content (AvgIpc) is 3.29. The Morgan fingerprint density at radius 3 is 2.76 bits per heavy atom. The summed E-state index contributed by atoms with van der Waals surface area (Å²) in [6.45, 7) is 0.663. The van der Waals surface area contributed by atoms with E-state index in [1.807, 2.05) is 36.4 Å². The van der Waals surface area contributed by atoms with E-state index in [2.05, 4.69) is 38.5 Å². The summed E-state index contributed by atoms with van der Waals surface area (Å²) in [6, 6.07) is 21.2. The molecule has 0 unspecified atom stereocenters. The molecule has 2 aromatic heterocycles. The zero-order valence-corrected chi connectivity index (χ0v) is 18.0. The summed E-state index contributed by atoms with van der Waals surface area (Å²) in [5.74, 6) is 0.600. The van der Waals surface area contributed by atoms with Crippen LogP contribution in [0.25, 0.3) is 33.1 Å². The number of carboxylic acids is 1. The van der Waals surface area contributed by atoms with Crippen molar-refractivity contribution in [2.24, 2.45) is 0 Å². The number of aromatic amines is 1. The van der Waals surface area contributed by atoms with Crippen molar-refractivity contribution >= 4 is 33.5 Å². The van der Waals surface area contributed by atoms with Crippen LogP contribution in [0.1, 0.15) is 15.9 Å². The molecule has 2 heterocycles. The van der Waals surface area contributed by atoms with Crippen LogP contribution >= 0.6 is 0 Å². The SMILES string of the molecule is COc1ccc2ccccc2c1CCNc1cc(-c2cc3c(C(=O)O)cccc3[nH]2)ncn1. The number of nitrogens with one attached hydrogen (secondary N) is 2. The van der Waals surface area contributed by atoms with Crippen molar-refractivity contribution in [3.8, 4) is 17.1 Å². The van der Waals surface area contributed by atoms with Crippen molar-refractivity contribution in [2.75, 3.05) is 19.0 Å². The summed E-state index contributed by atoms with van der Waals surface area (Å²) in [7, 11) is 1.69. The van der Waals surface area contributed by atoms with Gasteiger partial charge in [0.25, 0.3) is 0 Å². The Labute approximate surface area is 190 Å². The van der Waals surface area contributed by atoms with Gasteiger partial charge in [-0.05, 0) is 41.5 Å². The Bertz CT molecular complexity index is 1480. The van der Waals surface area contributed by atoms with E-state index in [4.69, 9.17) is 4.74 Å². The summed E-state index contributed by atoms with van der Waals surface area (Å²) in [5.41, 5.74) is 3.57. The monoisotopic (exact) mass is 438 g/mol. The number of carbonyl (C=O) groups is 1. The van der Waals surface area contributed by atoms with Gasteiger partial charge in [-0.2, -0.15) is 0 Å². The number of hydrogen-bond acceptors (Lipinski definition) is 5. The predicted octanol–water partition coefficient (Wildman–Crippen LogP) is 5.14. The van der Waals surface area contributed by atoms with Gasteiger partial charge >= 0.3 is 5.97 Å². The predicted molar refractivity (Wildman–Crippen MR) is 129 cm³/mol. The summed E-state index contributed by atoms with van der Waals surface area (Å²) in [4.78, 5) is 23.5. The number of aromatic carboxylic acids is 1.